The van der Waals surface area contributed by atoms with Crippen LogP contribution in [-0.4, -0.2) is 19.0 Å². The van der Waals surface area contributed by atoms with Crippen molar-refractivity contribution in [3.05, 3.63) is 146 Å². The Labute approximate surface area is 336 Å². The van der Waals surface area contributed by atoms with Gasteiger partial charge in [-0.15, -0.1) is 83.6 Å². The van der Waals surface area contributed by atoms with Gasteiger partial charge in [-0.1, -0.05) is 127 Å². The molecule has 0 fully saturated rings. The minimum atomic E-state index is 0. The maximum atomic E-state index is 3.64. The maximum absolute atomic E-state index is 3.64. The summed E-state index contributed by atoms with van der Waals surface area (Å²) in [6, 6.07) is 22.6. The van der Waals surface area contributed by atoms with E-state index in [2.05, 4.69) is 135 Å². The molecule has 6 rings (SSSR count). The molecule has 2 atom stereocenters. The van der Waals surface area contributed by atoms with Gasteiger partial charge in [0.2, 0.25) is 0 Å². The molecule has 2 aromatic carbocycles. The molecule has 2 nitrogen and oxygen atoms in total. The fraction of sp³-hybridized carbons (Fsp3) is 0.409. The Kier molecular flexibility index (Phi) is 25.0. The third-order valence-electron chi connectivity index (χ3n) is 9.04. The third kappa shape index (κ3) is 12.7. The van der Waals surface area contributed by atoms with Gasteiger partial charge >= 0.3 is 30.2 Å². The molecule has 0 aromatic heterocycles. The van der Waals surface area contributed by atoms with Crippen molar-refractivity contribution in [1.29, 1.82) is 0 Å². The number of unbranched alkanes of at least 4 members (excludes halogenated alkanes) is 4. The molecule has 50 heavy (non-hydrogen) atoms. The Hall–Kier alpha value is -1.84. The summed E-state index contributed by atoms with van der Waals surface area (Å²) in [5.41, 5.74) is 10.7. The predicted octanol–water partition coefficient (Wildman–Crippen LogP) is 12.4. The number of benzene rings is 2. The van der Waals surface area contributed by atoms with Gasteiger partial charge in [0, 0.05) is 23.5 Å². The number of fused-ring (bicyclic) bond motifs is 2. The first-order valence-electron chi connectivity index (χ1n) is 17.8. The van der Waals surface area contributed by atoms with E-state index in [4.69, 9.17) is 0 Å². The van der Waals surface area contributed by atoms with E-state index in [1.165, 1.54) is 109 Å². The van der Waals surface area contributed by atoms with E-state index in [0.717, 1.165) is 12.8 Å². The first-order valence-corrected chi connectivity index (χ1v) is 23.8. The molecule has 0 radical (unpaired) electrons. The minimum absolute atomic E-state index is 0. The van der Waals surface area contributed by atoms with Crippen LogP contribution in [0, 0.1) is 27.0 Å². The van der Waals surface area contributed by atoms with Crippen molar-refractivity contribution in [2.75, 3.05) is 9.80 Å². The van der Waals surface area contributed by atoms with Crippen LogP contribution in [0.1, 0.15) is 105 Å². The van der Waals surface area contributed by atoms with Crippen molar-refractivity contribution in [1.82, 2.24) is 0 Å². The van der Waals surface area contributed by atoms with Crippen molar-refractivity contribution in [2.45, 2.75) is 117 Å². The van der Waals surface area contributed by atoms with Crippen molar-refractivity contribution < 1.29 is 23.3 Å². The zero-order valence-corrected chi connectivity index (χ0v) is 37.1. The number of halogens is 2. The Morgan fingerprint density at radius 1 is 0.560 bits per heavy atom. The van der Waals surface area contributed by atoms with Crippen LogP contribution >= 0.6 is 24.8 Å². The molecule has 0 saturated heterocycles. The topological polar surface area (TPSA) is 6.48 Å². The summed E-state index contributed by atoms with van der Waals surface area (Å²) in [4.78, 5) is 5.02. The Morgan fingerprint density at radius 3 is 1.22 bits per heavy atom. The van der Waals surface area contributed by atoms with Gasteiger partial charge in [0.15, 0.2) is 0 Å². The van der Waals surface area contributed by atoms with Crippen LogP contribution < -0.4 is 9.80 Å². The first-order chi connectivity index (χ1) is 22.7. The molecule has 0 saturated carbocycles. The average molecular weight is 809 g/mol. The summed E-state index contributed by atoms with van der Waals surface area (Å²) in [5.74, 6) is 0. The van der Waals surface area contributed by atoms with Crippen LogP contribution in [0.3, 0.4) is 0 Å². The fourth-order valence-electron chi connectivity index (χ4n) is 6.67. The summed E-state index contributed by atoms with van der Waals surface area (Å²) in [5, 5.41) is 0. The molecule has 0 amide bonds. The Morgan fingerprint density at radius 2 is 0.900 bits per heavy atom. The van der Waals surface area contributed by atoms with Crippen LogP contribution in [0.4, 0.5) is 11.4 Å². The number of nitrogens with zero attached hydrogens (tertiary/aromatic N) is 2. The van der Waals surface area contributed by atoms with E-state index in [1.54, 1.807) is 23.3 Å². The van der Waals surface area contributed by atoms with Crippen LogP contribution in [0.2, 0.25) is 0 Å². The molecule has 4 aliphatic rings. The van der Waals surface area contributed by atoms with Gasteiger partial charge in [-0.05, 0) is 49.9 Å². The molecule has 2 unspecified atom stereocenters. The fourth-order valence-corrected chi connectivity index (χ4v) is 6.67. The van der Waals surface area contributed by atoms with Gasteiger partial charge in [0.25, 0.3) is 0 Å². The first kappa shape index (κ1) is 48.2. The van der Waals surface area contributed by atoms with Crippen LogP contribution in [0.25, 0.3) is 0 Å². The molecule has 2 aliphatic heterocycles. The van der Waals surface area contributed by atoms with E-state index in [9.17, 15) is 0 Å². The second-order valence-electron chi connectivity index (χ2n) is 12.6. The summed E-state index contributed by atoms with van der Waals surface area (Å²) >= 11 is 1.58. The van der Waals surface area contributed by atoms with Crippen LogP contribution in [0.5, 0.6) is 0 Å². The molecular weight excluding hydrogens is 747 g/mol. The summed E-state index contributed by atoms with van der Waals surface area (Å²) in [6.45, 7) is 11.0. The average Bonchev–Trinajstić information content (AvgIpc) is 3.85. The van der Waals surface area contributed by atoms with Gasteiger partial charge in [-0.2, -0.15) is 0 Å². The number of anilines is 2. The van der Waals surface area contributed by atoms with Gasteiger partial charge < -0.3 is 24.7 Å². The zero-order valence-electron chi connectivity index (χ0n) is 31.6. The van der Waals surface area contributed by atoms with Crippen LogP contribution in [0.15, 0.2) is 119 Å². The van der Waals surface area contributed by atoms with E-state index >= 15 is 0 Å². The van der Waals surface area contributed by atoms with E-state index in [-0.39, 0.29) is 39.7 Å². The molecule has 2 heterocycles. The van der Waals surface area contributed by atoms with Crippen molar-refractivity contribution >= 4 is 43.1 Å². The molecule has 0 spiro atoms. The van der Waals surface area contributed by atoms with Crippen LogP contribution in [-0.2, 0) is 23.3 Å². The zero-order chi connectivity index (χ0) is 32.7. The molecule has 0 N–H and O–H groups in total. The van der Waals surface area contributed by atoms with Crippen molar-refractivity contribution in [3.63, 3.8) is 0 Å². The van der Waals surface area contributed by atoms with E-state index < -0.39 is 0 Å². The van der Waals surface area contributed by atoms with Gasteiger partial charge in [0.1, 0.15) is 0 Å². The SMILES string of the molecule is CCCCC1=[C-]C2=CC(CCCC)N(c3ccccc3)C2=C1.CCCCC1=[C-]C2=CC(CCCC)N(c3ccccc3)C2=C1.Cl.Cl.[CH3-].[CH3-].[SiH2]=[Zr]. The third-order valence-corrected chi connectivity index (χ3v) is 9.04. The molecule has 2 aliphatic carbocycles. The Bertz CT molecular complexity index is 1340. The van der Waals surface area contributed by atoms with Crippen molar-refractivity contribution in [3.8, 4) is 0 Å². The number of allylic oxidation sites excluding steroid dienone is 6. The molecule has 2 aromatic rings. The number of hydrogen-bond acceptors (Lipinski definition) is 2. The molecule has 274 valence electrons. The van der Waals surface area contributed by atoms with Gasteiger partial charge in [0.05, 0.1) is 0 Å². The van der Waals surface area contributed by atoms with Crippen molar-refractivity contribution in [2.24, 2.45) is 0 Å². The number of para-hydroxylation sites is 2. The normalized spacial score (nSPS) is 17.5. The second kappa shape index (κ2) is 26.0. The second-order valence-corrected chi connectivity index (χ2v) is 12.6. The summed E-state index contributed by atoms with van der Waals surface area (Å²) < 4.78 is 0. The number of hydrogen-bond donors (Lipinski definition) is 0. The summed E-state index contributed by atoms with van der Waals surface area (Å²) in [6.07, 6.45) is 31.6. The standard InChI is InChI=1S/2C21H26N.2CH3.2ClH.H2Si.Zr/c2*1-3-5-10-17-14-18-16-20(11-6-4-2)22(21(18)15-17)19-12-8-7-9-13-19;;;;;;/h2*7-9,12-13,15-16,20H,3-6,10-11H2,1-2H3;2*1H3;2*1H;1H2;/q4*-1;;;;. The van der Waals surface area contributed by atoms with E-state index in [0.29, 0.717) is 12.1 Å². The predicted molar refractivity (Wildman–Crippen MR) is 225 cm³/mol. The van der Waals surface area contributed by atoms with E-state index in [1.807, 2.05) is 6.88 Å². The monoisotopic (exact) mass is 806 g/mol. The van der Waals surface area contributed by atoms with Gasteiger partial charge in [-0.25, -0.2) is 0 Å². The Balaban J connectivity index is 0.000000850. The summed E-state index contributed by atoms with van der Waals surface area (Å²) in [7, 11) is 0. The quantitative estimate of drug-likeness (QED) is 0.139. The molecular formula is C44H62Cl2N2SiZr-4. The molecule has 0 bridgehead atoms. The number of rotatable bonds is 14. The van der Waals surface area contributed by atoms with Gasteiger partial charge in [-0.3, -0.25) is 0 Å². The molecule has 6 heteroatoms.